The molecule has 2 N–H and O–H groups in total. The lowest BCUT2D eigenvalue weighted by molar-refractivity contribution is -0.118. The van der Waals surface area contributed by atoms with Gasteiger partial charge in [-0.1, -0.05) is 18.2 Å². The largest absolute Gasteiger partial charge is 0.490 e. The van der Waals surface area contributed by atoms with Crippen molar-refractivity contribution in [2.75, 3.05) is 18.5 Å². The number of nitrogens with zero attached hydrogens (tertiary/aromatic N) is 2. The fraction of sp³-hybridized carbons (Fsp3) is 0.120. The highest BCUT2D eigenvalue weighted by Crippen LogP contribution is 2.33. The van der Waals surface area contributed by atoms with E-state index in [0.717, 1.165) is 4.68 Å². The molecule has 36 heavy (non-hydrogen) atoms. The van der Waals surface area contributed by atoms with E-state index in [9.17, 15) is 18.8 Å². The number of aromatic amines is 1. The molecule has 4 aromatic rings. The maximum absolute atomic E-state index is 13.3. The molecule has 0 spiro atoms. The highest BCUT2D eigenvalue weighted by atomic mass is 79.9. The molecule has 0 aliphatic heterocycles. The van der Waals surface area contributed by atoms with E-state index in [1.165, 1.54) is 24.4 Å². The molecule has 0 saturated heterocycles. The smallest absolute Gasteiger partial charge is 0.349 e. The lowest BCUT2D eigenvalue weighted by atomic mass is 10.2. The second-order valence-electron chi connectivity index (χ2n) is 7.44. The van der Waals surface area contributed by atoms with E-state index < -0.39 is 23.0 Å². The summed E-state index contributed by atoms with van der Waals surface area (Å²) >= 11 is 3.41. The predicted octanol–water partition coefficient (Wildman–Crippen LogP) is 3.89. The summed E-state index contributed by atoms with van der Waals surface area (Å²) in [6.45, 7) is 1.75. The third kappa shape index (κ3) is 5.69. The molecule has 0 unspecified atom stereocenters. The Morgan fingerprint density at radius 3 is 2.67 bits per heavy atom. The number of fused-ring (bicyclic) bond motifs is 1. The van der Waals surface area contributed by atoms with Gasteiger partial charge < -0.3 is 19.8 Å². The molecule has 0 atom stereocenters. The molecular formula is C25H20BrFN4O5. The third-order valence-corrected chi connectivity index (χ3v) is 5.61. The number of anilines is 1. The van der Waals surface area contributed by atoms with Crippen LogP contribution in [0, 0.1) is 5.82 Å². The summed E-state index contributed by atoms with van der Waals surface area (Å²) in [6.07, 6.45) is 1.33. The van der Waals surface area contributed by atoms with Crippen molar-refractivity contribution in [2.24, 2.45) is 5.10 Å². The van der Waals surface area contributed by atoms with Crippen molar-refractivity contribution in [3.63, 3.8) is 0 Å². The Kier molecular flexibility index (Phi) is 7.59. The van der Waals surface area contributed by atoms with Gasteiger partial charge in [-0.3, -0.25) is 9.59 Å². The summed E-state index contributed by atoms with van der Waals surface area (Å²) in [5, 5.41) is 6.93. The Morgan fingerprint density at radius 1 is 1.11 bits per heavy atom. The van der Waals surface area contributed by atoms with Gasteiger partial charge >= 0.3 is 5.69 Å². The van der Waals surface area contributed by atoms with Crippen molar-refractivity contribution < 1.29 is 18.7 Å². The first-order valence-electron chi connectivity index (χ1n) is 10.8. The first kappa shape index (κ1) is 24.9. The summed E-state index contributed by atoms with van der Waals surface area (Å²) in [5.74, 6) is -0.363. The van der Waals surface area contributed by atoms with Crippen LogP contribution < -0.4 is 26.0 Å². The minimum absolute atomic E-state index is 0.274. The van der Waals surface area contributed by atoms with Crippen LogP contribution in [-0.2, 0) is 4.79 Å². The van der Waals surface area contributed by atoms with Gasteiger partial charge in [-0.15, -0.1) is 4.68 Å². The highest BCUT2D eigenvalue weighted by Gasteiger charge is 2.13. The monoisotopic (exact) mass is 554 g/mol. The van der Waals surface area contributed by atoms with E-state index in [2.05, 4.69) is 31.3 Å². The number of nitrogens with one attached hydrogen (secondary N) is 2. The van der Waals surface area contributed by atoms with Crippen LogP contribution in [0.2, 0.25) is 0 Å². The average Bonchev–Trinajstić information content (AvgIpc) is 2.84. The van der Waals surface area contributed by atoms with Gasteiger partial charge in [0.1, 0.15) is 5.82 Å². The van der Waals surface area contributed by atoms with E-state index in [-0.39, 0.29) is 12.4 Å². The molecule has 1 heterocycles. The first-order chi connectivity index (χ1) is 17.4. The van der Waals surface area contributed by atoms with Crippen molar-refractivity contribution in [2.45, 2.75) is 6.92 Å². The number of benzene rings is 3. The van der Waals surface area contributed by atoms with Crippen molar-refractivity contribution in [3.05, 3.63) is 97.4 Å². The van der Waals surface area contributed by atoms with Gasteiger partial charge in [0.2, 0.25) is 0 Å². The van der Waals surface area contributed by atoms with Crippen molar-refractivity contribution in [3.8, 4) is 11.5 Å². The van der Waals surface area contributed by atoms with Crippen LogP contribution in [-0.4, -0.2) is 35.0 Å². The second-order valence-corrected chi connectivity index (χ2v) is 8.29. The first-order valence-corrected chi connectivity index (χ1v) is 11.6. The molecule has 1 amide bonds. The summed E-state index contributed by atoms with van der Waals surface area (Å²) in [4.78, 5) is 39.9. The summed E-state index contributed by atoms with van der Waals surface area (Å²) in [7, 11) is 0. The van der Waals surface area contributed by atoms with Crippen molar-refractivity contribution >= 4 is 44.6 Å². The normalized spacial score (nSPS) is 11.1. The van der Waals surface area contributed by atoms with Crippen LogP contribution in [0.1, 0.15) is 12.5 Å². The second kappa shape index (κ2) is 11.0. The third-order valence-electron chi connectivity index (χ3n) is 4.93. The number of ether oxygens (including phenoxy) is 2. The summed E-state index contributed by atoms with van der Waals surface area (Å²) in [6, 6.07) is 15.3. The maximum Gasteiger partial charge on any atom is 0.349 e. The Morgan fingerprint density at radius 2 is 1.89 bits per heavy atom. The quantitative estimate of drug-likeness (QED) is 0.321. The summed E-state index contributed by atoms with van der Waals surface area (Å²) < 4.78 is 25.8. The number of halogens is 2. The lowest BCUT2D eigenvalue weighted by Gasteiger charge is -2.14. The Hall–Kier alpha value is -4.25. The van der Waals surface area contributed by atoms with Gasteiger partial charge in [-0.2, -0.15) is 5.10 Å². The van der Waals surface area contributed by atoms with E-state index in [1.807, 2.05) is 0 Å². The highest BCUT2D eigenvalue weighted by molar-refractivity contribution is 9.10. The number of H-pyrrole nitrogens is 1. The molecule has 0 aliphatic rings. The van der Waals surface area contributed by atoms with Crippen LogP contribution in [0.5, 0.6) is 11.5 Å². The number of aromatic nitrogens is 2. The number of para-hydroxylation sites is 1. The number of carbonyl (C=O) groups is 1. The van der Waals surface area contributed by atoms with Gasteiger partial charge in [0.05, 0.1) is 23.7 Å². The number of carbonyl (C=O) groups excluding carboxylic acids is 1. The van der Waals surface area contributed by atoms with Gasteiger partial charge in [0, 0.05) is 15.7 Å². The zero-order valence-electron chi connectivity index (χ0n) is 19.0. The number of rotatable bonds is 8. The predicted molar refractivity (Wildman–Crippen MR) is 138 cm³/mol. The molecular weight excluding hydrogens is 535 g/mol. The number of amides is 1. The Labute approximate surface area is 212 Å². The van der Waals surface area contributed by atoms with E-state index in [4.69, 9.17) is 9.47 Å². The minimum atomic E-state index is -0.680. The van der Waals surface area contributed by atoms with Gasteiger partial charge in [-0.25, -0.2) is 9.18 Å². The van der Waals surface area contributed by atoms with E-state index in [0.29, 0.717) is 39.0 Å². The molecule has 1 aromatic heterocycles. The topological polar surface area (TPSA) is 115 Å². The SMILES string of the molecule is CCOc1cc(C=Nn2c(=O)[nH]c3ccccc3c2=O)c(Br)cc1OCC(=O)Nc1cccc(F)c1. The van der Waals surface area contributed by atoms with Gasteiger partial charge in [0.25, 0.3) is 11.5 Å². The molecule has 184 valence electrons. The number of hydrogen-bond acceptors (Lipinski definition) is 6. The van der Waals surface area contributed by atoms with Crippen LogP contribution >= 0.6 is 15.9 Å². The lowest BCUT2D eigenvalue weighted by Crippen LogP contribution is -2.32. The average molecular weight is 555 g/mol. The molecule has 4 rings (SSSR count). The fourth-order valence-electron chi connectivity index (χ4n) is 3.32. The van der Waals surface area contributed by atoms with Crippen LogP contribution in [0.4, 0.5) is 10.1 Å². The van der Waals surface area contributed by atoms with Crippen molar-refractivity contribution in [1.82, 2.24) is 9.66 Å². The van der Waals surface area contributed by atoms with Gasteiger partial charge in [-0.05, 0) is 65.3 Å². The molecule has 0 fully saturated rings. The van der Waals surface area contributed by atoms with Gasteiger partial charge in [0.15, 0.2) is 18.1 Å². The van der Waals surface area contributed by atoms with Crippen LogP contribution in [0.3, 0.4) is 0 Å². The van der Waals surface area contributed by atoms with Crippen LogP contribution in [0.15, 0.2) is 79.8 Å². The Bertz CT molecular complexity index is 1580. The minimum Gasteiger partial charge on any atom is -0.490 e. The summed E-state index contributed by atoms with van der Waals surface area (Å²) in [5.41, 5.74) is -0.0205. The van der Waals surface area contributed by atoms with E-state index in [1.54, 1.807) is 49.4 Å². The van der Waals surface area contributed by atoms with Crippen molar-refractivity contribution in [1.29, 1.82) is 0 Å². The van der Waals surface area contributed by atoms with E-state index >= 15 is 0 Å². The zero-order valence-corrected chi connectivity index (χ0v) is 20.5. The molecule has 0 bridgehead atoms. The number of hydrogen-bond donors (Lipinski definition) is 2. The maximum atomic E-state index is 13.3. The molecule has 0 saturated carbocycles. The molecule has 3 aromatic carbocycles. The molecule has 11 heteroatoms. The molecule has 0 radical (unpaired) electrons. The molecule has 0 aliphatic carbocycles. The fourth-order valence-corrected chi connectivity index (χ4v) is 3.74. The zero-order chi connectivity index (χ0) is 25.7. The standard InChI is InChI=1S/C25H20BrFN4O5/c1-2-35-21-10-15(13-28-31-24(33)18-8-3-4-9-20(18)30-25(31)34)19(26)12-22(21)36-14-23(32)29-17-7-5-6-16(27)11-17/h3-13H,2,14H2,1H3,(H,29,32)(H,30,34). The van der Waals surface area contributed by atoms with Crippen LogP contribution in [0.25, 0.3) is 10.9 Å². The Balaban J connectivity index is 1.56. The molecule has 9 nitrogen and oxygen atoms in total.